The molecule has 3 rings (SSSR count). The maximum atomic E-state index is 13.2. The summed E-state index contributed by atoms with van der Waals surface area (Å²) < 4.78 is 18.8. The highest BCUT2D eigenvalue weighted by Crippen LogP contribution is 2.36. The molecule has 1 aliphatic rings. The van der Waals surface area contributed by atoms with Crippen LogP contribution in [0.2, 0.25) is 5.02 Å². The van der Waals surface area contributed by atoms with Gasteiger partial charge in [0.25, 0.3) is 11.1 Å². The second-order valence-corrected chi connectivity index (χ2v) is 8.56. The summed E-state index contributed by atoms with van der Waals surface area (Å²) in [5.41, 5.74) is 0.782. The molecule has 0 spiro atoms. The van der Waals surface area contributed by atoms with Gasteiger partial charge in [-0.25, -0.2) is 4.39 Å². The van der Waals surface area contributed by atoms with E-state index in [1.54, 1.807) is 6.07 Å². The molecule has 0 radical (unpaired) electrons. The predicted octanol–water partition coefficient (Wildman–Crippen LogP) is 4.47. The molecule has 0 unspecified atom stereocenters. The van der Waals surface area contributed by atoms with Crippen LogP contribution < -0.4 is 10.1 Å². The molecule has 3 amide bonds. The van der Waals surface area contributed by atoms with E-state index in [1.807, 2.05) is 22.6 Å². The van der Waals surface area contributed by atoms with Crippen LogP contribution in [0.4, 0.5) is 14.9 Å². The van der Waals surface area contributed by atoms with Crippen molar-refractivity contribution in [1.82, 2.24) is 4.90 Å². The third-order valence-electron chi connectivity index (χ3n) is 3.95. The number of aromatic hydroxyl groups is 1. The number of nitrogens with zero attached hydrogens (tertiary/aromatic N) is 1. The Bertz CT molecular complexity index is 1090. The third kappa shape index (κ3) is 4.87. The standard InChI is InChI=1S/C19H13ClFIN2O5S/c1-29-14-5-9(4-13(22)17(14)26)6-15-18(27)24(19(28)30-15)8-16(25)23-10-2-3-12(21)11(20)7-10/h2-7,26H,8H2,1H3,(H,23,25)/b15-6+. The van der Waals surface area contributed by atoms with Crippen LogP contribution in [0.3, 0.4) is 0 Å². The number of nitrogens with one attached hydrogen (secondary N) is 1. The summed E-state index contributed by atoms with van der Waals surface area (Å²) in [6, 6.07) is 6.77. The zero-order chi connectivity index (χ0) is 22.0. The average molecular weight is 563 g/mol. The van der Waals surface area contributed by atoms with Gasteiger partial charge in [-0.15, -0.1) is 0 Å². The minimum absolute atomic E-state index is 0.0269. The number of phenols is 1. The number of carbonyl (C=O) groups is 3. The van der Waals surface area contributed by atoms with Crippen molar-refractivity contribution in [2.24, 2.45) is 0 Å². The summed E-state index contributed by atoms with van der Waals surface area (Å²) in [5.74, 6) is -1.70. The van der Waals surface area contributed by atoms with Crippen LogP contribution in [-0.2, 0) is 9.59 Å². The quantitative estimate of drug-likeness (QED) is 0.412. The minimum Gasteiger partial charge on any atom is -0.504 e. The smallest absolute Gasteiger partial charge is 0.294 e. The van der Waals surface area contributed by atoms with Crippen LogP contribution in [0.5, 0.6) is 11.5 Å². The third-order valence-corrected chi connectivity index (χ3v) is 5.97. The number of carbonyl (C=O) groups excluding carboxylic acids is 3. The second-order valence-electron chi connectivity index (χ2n) is 6.00. The Labute approximate surface area is 193 Å². The highest BCUT2D eigenvalue weighted by atomic mass is 127. The first-order chi connectivity index (χ1) is 14.2. The summed E-state index contributed by atoms with van der Waals surface area (Å²) in [6.07, 6.45) is 1.48. The maximum absolute atomic E-state index is 13.2. The number of hydrogen-bond acceptors (Lipinski definition) is 6. The molecular weight excluding hydrogens is 550 g/mol. The van der Waals surface area contributed by atoms with Crippen molar-refractivity contribution in [3.05, 3.63) is 55.2 Å². The van der Waals surface area contributed by atoms with Crippen molar-refractivity contribution in [2.75, 3.05) is 19.0 Å². The number of rotatable bonds is 5. The molecule has 0 aliphatic carbocycles. The van der Waals surface area contributed by atoms with Crippen molar-refractivity contribution >= 4 is 74.8 Å². The number of amides is 3. The highest BCUT2D eigenvalue weighted by molar-refractivity contribution is 14.1. The Hall–Kier alpha value is -2.31. The molecule has 1 aliphatic heterocycles. The number of thioether (sulfide) groups is 1. The Morgan fingerprint density at radius 1 is 1.37 bits per heavy atom. The first kappa shape index (κ1) is 22.4. The number of benzene rings is 2. The molecular formula is C19H13ClFIN2O5S. The summed E-state index contributed by atoms with van der Waals surface area (Å²) in [5, 5.41) is 11.6. The molecule has 0 saturated carbocycles. The lowest BCUT2D eigenvalue weighted by molar-refractivity contribution is -0.127. The summed E-state index contributed by atoms with van der Waals surface area (Å²) in [7, 11) is 1.40. The molecule has 0 bridgehead atoms. The van der Waals surface area contributed by atoms with E-state index < -0.39 is 29.4 Å². The number of imide groups is 1. The van der Waals surface area contributed by atoms with Gasteiger partial charge >= 0.3 is 0 Å². The Morgan fingerprint density at radius 2 is 2.10 bits per heavy atom. The molecule has 30 heavy (non-hydrogen) atoms. The molecule has 1 fully saturated rings. The van der Waals surface area contributed by atoms with E-state index in [1.165, 1.54) is 31.4 Å². The molecule has 2 N–H and O–H groups in total. The van der Waals surface area contributed by atoms with Crippen molar-refractivity contribution in [3.63, 3.8) is 0 Å². The van der Waals surface area contributed by atoms with Crippen LogP contribution in [-0.4, -0.2) is 40.7 Å². The summed E-state index contributed by atoms with van der Waals surface area (Å²) in [6.45, 7) is -0.507. The van der Waals surface area contributed by atoms with Gasteiger partial charge in [-0.05, 0) is 76.3 Å². The van der Waals surface area contributed by atoms with Gasteiger partial charge in [0.15, 0.2) is 11.5 Å². The SMILES string of the molecule is COc1cc(/C=C2/SC(=O)N(CC(=O)Nc3ccc(F)c(Cl)c3)C2=O)cc(I)c1O. The number of halogens is 3. The van der Waals surface area contributed by atoms with Gasteiger partial charge in [-0.3, -0.25) is 19.3 Å². The molecule has 11 heteroatoms. The molecule has 0 aromatic heterocycles. The van der Waals surface area contributed by atoms with E-state index >= 15 is 0 Å². The van der Waals surface area contributed by atoms with Crippen molar-refractivity contribution < 1.29 is 28.6 Å². The van der Waals surface area contributed by atoms with Crippen molar-refractivity contribution in [1.29, 1.82) is 0 Å². The lowest BCUT2D eigenvalue weighted by Gasteiger charge is -2.12. The Morgan fingerprint density at radius 3 is 2.77 bits per heavy atom. The molecule has 156 valence electrons. The van der Waals surface area contributed by atoms with Crippen molar-refractivity contribution in [3.8, 4) is 11.5 Å². The molecule has 7 nitrogen and oxygen atoms in total. The fourth-order valence-electron chi connectivity index (χ4n) is 2.54. The first-order valence-electron chi connectivity index (χ1n) is 8.26. The molecule has 1 heterocycles. The van der Waals surface area contributed by atoms with Gasteiger partial charge in [0, 0.05) is 5.69 Å². The van der Waals surface area contributed by atoms with E-state index in [9.17, 15) is 23.9 Å². The summed E-state index contributed by atoms with van der Waals surface area (Å²) in [4.78, 5) is 38.0. The average Bonchev–Trinajstić information content (AvgIpc) is 2.94. The monoisotopic (exact) mass is 562 g/mol. The van der Waals surface area contributed by atoms with Gasteiger partial charge in [-0.2, -0.15) is 0 Å². The van der Waals surface area contributed by atoms with Gasteiger partial charge in [0.1, 0.15) is 12.4 Å². The largest absolute Gasteiger partial charge is 0.504 e. The van der Waals surface area contributed by atoms with Gasteiger partial charge in [0.2, 0.25) is 5.91 Å². The zero-order valence-electron chi connectivity index (χ0n) is 15.2. The lowest BCUT2D eigenvalue weighted by Crippen LogP contribution is -2.36. The van der Waals surface area contributed by atoms with Crippen LogP contribution >= 0.6 is 46.0 Å². The van der Waals surface area contributed by atoms with Gasteiger partial charge in [-0.1, -0.05) is 11.6 Å². The Kier molecular flexibility index (Phi) is 6.88. The number of anilines is 1. The van der Waals surface area contributed by atoms with E-state index in [-0.39, 0.29) is 27.1 Å². The Balaban J connectivity index is 1.74. The summed E-state index contributed by atoms with van der Waals surface area (Å²) >= 11 is 8.28. The van der Waals surface area contributed by atoms with E-state index in [4.69, 9.17) is 16.3 Å². The fourth-order valence-corrected chi connectivity index (χ4v) is 4.18. The van der Waals surface area contributed by atoms with Crippen molar-refractivity contribution in [2.45, 2.75) is 0 Å². The number of methoxy groups -OCH3 is 1. The highest BCUT2D eigenvalue weighted by Gasteiger charge is 2.36. The van der Waals surface area contributed by atoms with Crippen LogP contribution in [0.1, 0.15) is 5.56 Å². The topological polar surface area (TPSA) is 95.9 Å². The van der Waals surface area contributed by atoms with Crippen LogP contribution in [0.25, 0.3) is 6.08 Å². The minimum atomic E-state index is -0.637. The molecule has 0 atom stereocenters. The van der Waals surface area contributed by atoms with E-state index in [0.717, 1.165) is 11.0 Å². The normalized spacial score (nSPS) is 15.1. The fraction of sp³-hybridized carbons (Fsp3) is 0.105. The first-order valence-corrected chi connectivity index (χ1v) is 10.5. The number of hydrogen-bond donors (Lipinski definition) is 2. The second kappa shape index (κ2) is 9.23. The maximum Gasteiger partial charge on any atom is 0.294 e. The lowest BCUT2D eigenvalue weighted by atomic mass is 10.2. The van der Waals surface area contributed by atoms with Crippen LogP contribution in [0, 0.1) is 9.39 Å². The number of ether oxygens (including phenoxy) is 1. The van der Waals surface area contributed by atoms with Crippen LogP contribution in [0.15, 0.2) is 35.2 Å². The molecule has 2 aromatic carbocycles. The predicted molar refractivity (Wildman–Crippen MR) is 120 cm³/mol. The van der Waals surface area contributed by atoms with Gasteiger partial charge in [0.05, 0.1) is 20.6 Å². The number of phenolic OH excluding ortho intramolecular Hbond substituents is 1. The zero-order valence-corrected chi connectivity index (χ0v) is 19.0. The van der Waals surface area contributed by atoms with Gasteiger partial charge < -0.3 is 15.2 Å². The van der Waals surface area contributed by atoms with E-state index in [0.29, 0.717) is 20.9 Å². The molecule has 2 aromatic rings. The van der Waals surface area contributed by atoms with E-state index in [2.05, 4.69) is 5.32 Å². The molecule has 1 saturated heterocycles.